The van der Waals surface area contributed by atoms with Crippen LogP contribution in [0.1, 0.15) is 36.6 Å². The molecule has 2 aromatic carbocycles. The minimum Gasteiger partial charge on any atom is -0.362 e. The lowest BCUT2D eigenvalue weighted by Crippen LogP contribution is -2.36. The largest absolute Gasteiger partial charge is 0.362 e. The van der Waals surface area contributed by atoms with Crippen molar-refractivity contribution in [3.63, 3.8) is 0 Å². The molecule has 1 atom stereocenters. The summed E-state index contributed by atoms with van der Waals surface area (Å²) < 4.78 is 0. The molecule has 0 aromatic heterocycles. The topological polar surface area (TPSA) is 44.4 Å². The molecule has 0 fully saturated rings. The summed E-state index contributed by atoms with van der Waals surface area (Å²) >= 11 is 0. The molecule has 0 aliphatic carbocycles. The summed E-state index contributed by atoms with van der Waals surface area (Å²) in [7, 11) is 0. The van der Waals surface area contributed by atoms with E-state index in [1.54, 1.807) is 0 Å². The number of nitrogens with zero attached hydrogens (tertiary/aromatic N) is 1. The summed E-state index contributed by atoms with van der Waals surface area (Å²) in [6.45, 7) is 7.19. The molecule has 0 bridgehead atoms. The van der Waals surface area contributed by atoms with Gasteiger partial charge in [-0.3, -0.25) is 4.79 Å². The van der Waals surface area contributed by atoms with Gasteiger partial charge in [0.05, 0.1) is 6.54 Å². The van der Waals surface area contributed by atoms with Crippen molar-refractivity contribution in [1.82, 2.24) is 10.6 Å². The molecular formula is C21H27N3O. The van der Waals surface area contributed by atoms with Gasteiger partial charge in [-0.05, 0) is 42.6 Å². The van der Waals surface area contributed by atoms with Gasteiger partial charge in [-0.2, -0.15) is 0 Å². The van der Waals surface area contributed by atoms with Crippen LogP contribution in [0.15, 0.2) is 48.5 Å². The van der Waals surface area contributed by atoms with Gasteiger partial charge in [-0.1, -0.05) is 49.4 Å². The SMILES string of the molecule is CCNC(C)c1ccc2c(c1)CCN2CC(=O)NCc1ccccc1. The van der Waals surface area contributed by atoms with Crippen molar-refractivity contribution in [2.24, 2.45) is 0 Å². The molecule has 4 heteroatoms. The molecule has 0 spiro atoms. The number of rotatable bonds is 7. The molecule has 4 nitrogen and oxygen atoms in total. The minimum absolute atomic E-state index is 0.0711. The molecule has 3 rings (SSSR count). The van der Waals surface area contributed by atoms with E-state index in [1.807, 2.05) is 30.3 Å². The van der Waals surface area contributed by atoms with E-state index < -0.39 is 0 Å². The summed E-state index contributed by atoms with van der Waals surface area (Å²) in [5.41, 5.74) is 4.98. The normalized spacial score (nSPS) is 14.2. The lowest BCUT2D eigenvalue weighted by Gasteiger charge is -2.20. The number of nitrogens with one attached hydrogen (secondary N) is 2. The second-order valence-electron chi connectivity index (χ2n) is 6.60. The van der Waals surface area contributed by atoms with E-state index in [0.717, 1.165) is 25.1 Å². The Bertz CT molecular complexity index is 714. The Morgan fingerprint density at radius 1 is 1.20 bits per heavy atom. The van der Waals surface area contributed by atoms with Gasteiger partial charge in [0.1, 0.15) is 0 Å². The molecule has 0 saturated carbocycles. The average Bonchev–Trinajstić information content (AvgIpc) is 3.03. The van der Waals surface area contributed by atoms with E-state index in [-0.39, 0.29) is 5.91 Å². The predicted molar refractivity (Wildman–Crippen MR) is 103 cm³/mol. The highest BCUT2D eigenvalue weighted by Gasteiger charge is 2.22. The molecule has 1 amide bonds. The second-order valence-corrected chi connectivity index (χ2v) is 6.60. The van der Waals surface area contributed by atoms with Crippen LogP contribution < -0.4 is 15.5 Å². The zero-order chi connectivity index (χ0) is 17.6. The summed E-state index contributed by atoms with van der Waals surface area (Å²) in [4.78, 5) is 14.5. The Labute approximate surface area is 150 Å². The van der Waals surface area contributed by atoms with E-state index in [1.165, 1.54) is 16.8 Å². The summed E-state index contributed by atoms with van der Waals surface area (Å²) in [6, 6.07) is 17.0. The average molecular weight is 337 g/mol. The van der Waals surface area contributed by atoms with Crippen LogP contribution in [0, 0.1) is 0 Å². The Hall–Kier alpha value is -2.33. The van der Waals surface area contributed by atoms with E-state index >= 15 is 0 Å². The zero-order valence-electron chi connectivity index (χ0n) is 15.1. The highest BCUT2D eigenvalue weighted by Crippen LogP contribution is 2.30. The number of carbonyl (C=O) groups excluding carboxylic acids is 1. The molecule has 1 unspecified atom stereocenters. The first kappa shape index (κ1) is 17.5. The number of hydrogen-bond donors (Lipinski definition) is 2. The van der Waals surface area contributed by atoms with Crippen molar-refractivity contribution in [1.29, 1.82) is 0 Å². The van der Waals surface area contributed by atoms with Crippen molar-refractivity contribution >= 4 is 11.6 Å². The molecule has 0 saturated heterocycles. The number of benzene rings is 2. The maximum Gasteiger partial charge on any atom is 0.239 e. The van der Waals surface area contributed by atoms with Crippen LogP contribution in [-0.4, -0.2) is 25.5 Å². The maximum atomic E-state index is 12.3. The Morgan fingerprint density at radius 2 is 2.00 bits per heavy atom. The van der Waals surface area contributed by atoms with Gasteiger partial charge in [0.15, 0.2) is 0 Å². The first-order valence-corrected chi connectivity index (χ1v) is 9.09. The highest BCUT2D eigenvalue weighted by atomic mass is 16.2. The number of fused-ring (bicyclic) bond motifs is 1. The molecule has 1 heterocycles. The minimum atomic E-state index is 0.0711. The molecule has 25 heavy (non-hydrogen) atoms. The zero-order valence-corrected chi connectivity index (χ0v) is 15.1. The summed E-state index contributed by atoms with van der Waals surface area (Å²) in [6.07, 6.45) is 1.01. The quantitative estimate of drug-likeness (QED) is 0.816. The molecular weight excluding hydrogens is 310 g/mol. The molecule has 0 radical (unpaired) electrons. The number of hydrogen-bond acceptors (Lipinski definition) is 3. The van der Waals surface area contributed by atoms with E-state index in [0.29, 0.717) is 19.1 Å². The Kier molecular flexibility index (Phi) is 5.71. The highest BCUT2D eigenvalue weighted by molar-refractivity contribution is 5.82. The van der Waals surface area contributed by atoms with Crippen LogP contribution in [0.25, 0.3) is 0 Å². The smallest absolute Gasteiger partial charge is 0.239 e. The fourth-order valence-electron chi connectivity index (χ4n) is 3.37. The molecule has 2 N–H and O–H groups in total. The number of amides is 1. The van der Waals surface area contributed by atoms with Crippen molar-refractivity contribution in [2.75, 3.05) is 24.5 Å². The van der Waals surface area contributed by atoms with Gasteiger partial charge >= 0.3 is 0 Å². The van der Waals surface area contributed by atoms with Crippen LogP contribution in [0.5, 0.6) is 0 Å². The fourth-order valence-corrected chi connectivity index (χ4v) is 3.37. The summed E-state index contributed by atoms with van der Waals surface area (Å²) in [5.74, 6) is 0.0711. The molecule has 132 valence electrons. The molecule has 1 aliphatic heterocycles. The van der Waals surface area contributed by atoms with Crippen LogP contribution in [-0.2, 0) is 17.8 Å². The van der Waals surface area contributed by atoms with Gasteiger partial charge < -0.3 is 15.5 Å². The Balaban J connectivity index is 1.58. The third-order valence-electron chi connectivity index (χ3n) is 4.77. The van der Waals surface area contributed by atoms with Crippen LogP contribution in [0.4, 0.5) is 5.69 Å². The van der Waals surface area contributed by atoms with Gasteiger partial charge in [0.25, 0.3) is 0 Å². The fraction of sp³-hybridized carbons (Fsp3) is 0.381. The standard InChI is InChI=1S/C21H27N3O/c1-3-22-16(2)18-9-10-20-19(13-18)11-12-24(20)15-21(25)23-14-17-7-5-4-6-8-17/h4-10,13,16,22H,3,11-12,14-15H2,1-2H3,(H,23,25). The lowest BCUT2D eigenvalue weighted by molar-refractivity contribution is -0.119. The second kappa shape index (κ2) is 8.17. The first-order chi connectivity index (χ1) is 12.2. The number of carbonyl (C=O) groups is 1. The van der Waals surface area contributed by atoms with Crippen molar-refractivity contribution < 1.29 is 4.79 Å². The molecule has 2 aromatic rings. The Morgan fingerprint density at radius 3 is 2.76 bits per heavy atom. The van der Waals surface area contributed by atoms with Gasteiger partial charge in [0.2, 0.25) is 5.91 Å². The van der Waals surface area contributed by atoms with E-state index in [4.69, 9.17) is 0 Å². The van der Waals surface area contributed by atoms with Gasteiger partial charge in [0, 0.05) is 24.8 Å². The van der Waals surface area contributed by atoms with Crippen LogP contribution in [0.3, 0.4) is 0 Å². The predicted octanol–water partition coefficient (Wildman–Crippen LogP) is 3.04. The van der Waals surface area contributed by atoms with Crippen LogP contribution >= 0.6 is 0 Å². The van der Waals surface area contributed by atoms with Gasteiger partial charge in [-0.25, -0.2) is 0 Å². The van der Waals surface area contributed by atoms with E-state index in [2.05, 4.69) is 47.6 Å². The third-order valence-corrected chi connectivity index (χ3v) is 4.77. The van der Waals surface area contributed by atoms with Gasteiger partial charge in [-0.15, -0.1) is 0 Å². The monoisotopic (exact) mass is 337 g/mol. The third kappa shape index (κ3) is 4.40. The first-order valence-electron chi connectivity index (χ1n) is 9.09. The summed E-state index contributed by atoms with van der Waals surface area (Å²) in [5, 5.41) is 6.46. The van der Waals surface area contributed by atoms with Crippen molar-refractivity contribution in [3.05, 3.63) is 65.2 Å². The maximum absolute atomic E-state index is 12.3. The number of anilines is 1. The van der Waals surface area contributed by atoms with Crippen molar-refractivity contribution in [2.45, 2.75) is 32.9 Å². The van der Waals surface area contributed by atoms with E-state index in [9.17, 15) is 4.79 Å². The van der Waals surface area contributed by atoms with Crippen LogP contribution in [0.2, 0.25) is 0 Å². The molecule has 1 aliphatic rings. The lowest BCUT2D eigenvalue weighted by atomic mass is 10.0. The van der Waals surface area contributed by atoms with Crippen molar-refractivity contribution in [3.8, 4) is 0 Å².